The summed E-state index contributed by atoms with van der Waals surface area (Å²) in [5, 5.41) is 19.5. The van der Waals surface area contributed by atoms with E-state index in [-0.39, 0.29) is 18.5 Å². The summed E-state index contributed by atoms with van der Waals surface area (Å²) in [6.45, 7) is 4.85. The predicted molar refractivity (Wildman–Crippen MR) is 78.5 cm³/mol. The van der Waals surface area contributed by atoms with Gasteiger partial charge in [-0.3, -0.25) is 4.90 Å². The van der Waals surface area contributed by atoms with Crippen LogP contribution in [-0.2, 0) is 6.42 Å². The Morgan fingerprint density at radius 3 is 2.14 bits per heavy atom. The first kappa shape index (κ1) is 18.3. The van der Waals surface area contributed by atoms with E-state index in [1.807, 2.05) is 0 Å². The van der Waals surface area contributed by atoms with Crippen molar-refractivity contribution in [2.75, 3.05) is 6.54 Å². The highest BCUT2D eigenvalue weighted by atomic mass is 19.1. The van der Waals surface area contributed by atoms with Crippen LogP contribution in [0, 0.1) is 11.6 Å². The van der Waals surface area contributed by atoms with Gasteiger partial charge in [-0.05, 0) is 44.9 Å². The van der Waals surface area contributed by atoms with Crippen LogP contribution in [-0.4, -0.2) is 45.4 Å². The first-order valence-electron chi connectivity index (χ1n) is 6.91. The Hall–Kier alpha value is -1.73. The fourth-order valence-corrected chi connectivity index (χ4v) is 2.45. The number of hydrogen-bond acceptors (Lipinski definition) is 3. The molecule has 22 heavy (non-hydrogen) atoms. The van der Waals surface area contributed by atoms with E-state index >= 15 is 0 Å². The van der Waals surface area contributed by atoms with E-state index in [1.54, 1.807) is 20.8 Å². The number of rotatable bonds is 5. The van der Waals surface area contributed by atoms with Crippen LogP contribution >= 0.6 is 0 Å². The molecule has 0 heterocycles. The minimum Gasteiger partial charge on any atom is -0.465 e. The van der Waals surface area contributed by atoms with Crippen LogP contribution < -0.4 is 5.73 Å². The monoisotopic (exact) mass is 316 g/mol. The van der Waals surface area contributed by atoms with Gasteiger partial charge in [0.15, 0.2) is 0 Å². The second kappa shape index (κ2) is 7.02. The van der Waals surface area contributed by atoms with Crippen molar-refractivity contribution in [3.05, 3.63) is 35.4 Å². The van der Waals surface area contributed by atoms with Crippen molar-refractivity contribution in [2.24, 2.45) is 5.73 Å². The quantitative estimate of drug-likeness (QED) is 0.775. The fourth-order valence-electron chi connectivity index (χ4n) is 2.45. The Bertz CT molecular complexity index is 512. The molecule has 0 unspecified atom stereocenters. The molecular formula is C15H22F2N2O3. The molecule has 1 rings (SSSR count). The molecule has 0 bridgehead atoms. The molecule has 0 fully saturated rings. The second-order valence-corrected chi connectivity index (χ2v) is 6.18. The third-order valence-electron chi connectivity index (χ3n) is 3.31. The summed E-state index contributed by atoms with van der Waals surface area (Å²) in [6.07, 6.45) is -2.43. The van der Waals surface area contributed by atoms with Gasteiger partial charge in [0.25, 0.3) is 0 Å². The summed E-state index contributed by atoms with van der Waals surface area (Å²) >= 11 is 0. The molecule has 0 aliphatic rings. The number of aliphatic hydroxyl groups is 1. The molecule has 2 atom stereocenters. The minimum absolute atomic E-state index is 0.0450. The average molecular weight is 316 g/mol. The Balaban J connectivity index is 3.19. The van der Waals surface area contributed by atoms with Crippen LogP contribution in [0.5, 0.6) is 0 Å². The maximum Gasteiger partial charge on any atom is 0.408 e. The highest BCUT2D eigenvalue weighted by molar-refractivity contribution is 5.66. The van der Waals surface area contributed by atoms with Gasteiger partial charge in [-0.25, -0.2) is 13.6 Å². The molecule has 0 radical (unpaired) electrons. The number of carboxylic acid groups (broad SMARTS) is 1. The van der Waals surface area contributed by atoms with Crippen molar-refractivity contribution >= 4 is 6.09 Å². The molecule has 1 aromatic rings. The lowest BCUT2D eigenvalue weighted by molar-refractivity contribution is 0.0109. The highest BCUT2D eigenvalue weighted by Crippen LogP contribution is 2.23. The van der Waals surface area contributed by atoms with E-state index in [2.05, 4.69) is 0 Å². The van der Waals surface area contributed by atoms with Crippen LogP contribution in [0.3, 0.4) is 0 Å². The van der Waals surface area contributed by atoms with E-state index < -0.39 is 35.4 Å². The largest absolute Gasteiger partial charge is 0.465 e. The van der Waals surface area contributed by atoms with Gasteiger partial charge in [-0.15, -0.1) is 0 Å². The average Bonchev–Trinajstić information content (AvgIpc) is 2.33. The smallest absolute Gasteiger partial charge is 0.408 e. The normalized spacial score (nSPS) is 14.5. The van der Waals surface area contributed by atoms with Crippen LogP contribution in [0.1, 0.15) is 26.3 Å². The molecular weight excluding hydrogens is 294 g/mol. The molecule has 1 aromatic carbocycles. The van der Waals surface area contributed by atoms with Gasteiger partial charge in [0.2, 0.25) is 0 Å². The SMILES string of the molecule is CC(C)(C)N(C(=O)O)[C@@H](Cc1cc(F)cc(F)c1)[C@H](O)CN. The van der Waals surface area contributed by atoms with Gasteiger partial charge in [0, 0.05) is 18.2 Å². The molecule has 0 saturated carbocycles. The highest BCUT2D eigenvalue weighted by Gasteiger charge is 2.36. The molecule has 124 valence electrons. The number of nitrogens with zero attached hydrogens (tertiary/aromatic N) is 1. The molecule has 1 amide bonds. The van der Waals surface area contributed by atoms with E-state index in [4.69, 9.17) is 5.73 Å². The van der Waals surface area contributed by atoms with Gasteiger partial charge in [0.1, 0.15) is 11.6 Å². The van der Waals surface area contributed by atoms with Crippen molar-refractivity contribution in [3.63, 3.8) is 0 Å². The maximum atomic E-state index is 13.3. The number of benzene rings is 1. The Kier molecular flexibility index (Phi) is 5.85. The van der Waals surface area contributed by atoms with Crippen molar-refractivity contribution in [3.8, 4) is 0 Å². The standard InChI is InChI=1S/C15H22F2N2O3/c1-15(2,3)19(14(21)22)12(13(20)8-18)6-9-4-10(16)7-11(17)5-9/h4-5,7,12-13,20H,6,8,18H2,1-3H3,(H,21,22)/t12-,13+/m0/s1. The van der Waals surface area contributed by atoms with Crippen molar-refractivity contribution in [1.29, 1.82) is 0 Å². The minimum atomic E-state index is -1.23. The number of amides is 1. The topological polar surface area (TPSA) is 86.8 Å². The lowest BCUT2D eigenvalue weighted by Gasteiger charge is -2.41. The summed E-state index contributed by atoms with van der Waals surface area (Å²) in [6, 6.07) is 2.05. The zero-order valence-electron chi connectivity index (χ0n) is 12.9. The molecule has 7 heteroatoms. The first-order valence-corrected chi connectivity index (χ1v) is 6.91. The molecule has 5 nitrogen and oxygen atoms in total. The number of halogens is 2. The van der Waals surface area contributed by atoms with Gasteiger partial charge in [-0.2, -0.15) is 0 Å². The third kappa shape index (κ3) is 4.64. The predicted octanol–water partition coefficient (Wildman–Crippen LogP) is 1.97. The van der Waals surface area contributed by atoms with Crippen LogP contribution in [0.15, 0.2) is 18.2 Å². The molecule has 0 aliphatic carbocycles. The summed E-state index contributed by atoms with van der Waals surface area (Å²) in [5.74, 6) is -1.51. The summed E-state index contributed by atoms with van der Waals surface area (Å²) in [4.78, 5) is 12.6. The Labute approximate surface area is 128 Å². The van der Waals surface area contributed by atoms with E-state index in [1.165, 1.54) is 0 Å². The first-order chi connectivity index (χ1) is 10.1. The number of hydrogen-bond donors (Lipinski definition) is 3. The Morgan fingerprint density at radius 1 is 1.27 bits per heavy atom. The lowest BCUT2D eigenvalue weighted by atomic mass is 9.94. The van der Waals surface area contributed by atoms with E-state index in [0.717, 1.165) is 23.1 Å². The zero-order valence-corrected chi connectivity index (χ0v) is 12.9. The van der Waals surface area contributed by atoms with Gasteiger partial charge in [0.05, 0.1) is 12.1 Å². The summed E-state index contributed by atoms with van der Waals surface area (Å²) < 4.78 is 26.6. The molecule has 4 N–H and O–H groups in total. The van der Waals surface area contributed by atoms with E-state index in [0.29, 0.717) is 0 Å². The molecule has 0 aromatic heterocycles. The number of aliphatic hydroxyl groups excluding tert-OH is 1. The fraction of sp³-hybridized carbons (Fsp3) is 0.533. The van der Waals surface area contributed by atoms with Gasteiger partial charge in [-0.1, -0.05) is 0 Å². The van der Waals surface area contributed by atoms with Crippen molar-refractivity contribution in [1.82, 2.24) is 4.90 Å². The van der Waals surface area contributed by atoms with Crippen molar-refractivity contribution < 1.29 is 23.8 Å². The number of nitrogens with two attached hydrogens (primary N) is 1. The van der Waals surface area contributed by atoms with Gasteiger partial charge < -0.3 is 15.9 Å². The van der Waals surface area contributed by atoms with Crippen molar-refractivity contribution in [2.45, 2.75) is 44.9 Å². The Morgan fingerprint density at radius 2 is 1.77 bits per heavy atom. The zero-order chi connectivity index (χ0) is 17.1. The molecule has 0 aliphatic heterocycles. The van der Waals surface area contributed by atoms with Crippen LogP contribution in [0.25, 0.3) is 0 Å². The lowest BCUT2D eigenvalue weighted by Crippen LogP contribution is -2.57. The molecule has 0 saturated heterocycles. The maximum absolute atomic E-state index is 13.3. The van der Waals surface area contributed by atoms with Crippen LogP contribution in [0.4, 0.5) is 13.6 Å². The van der Waals surface area contributed by atoms with Crippen LogP contribution in [0.2, 0.25) is 0 Å². The second-order valence-electron chi connectivity index (χ2n) is 6.18. The summed E-state index contributed by atoms with van der Waals surface area (Å²) in [5.41, 5.74) is 4.90. The third-order valence-corrected chi connectivity index (χ3v) is 3.31. The van der Waals surface area contributed by atoms with Gasteiger partial charge >= 0.3 is 6.09 Å². The van der Waals surface area contributed by atoms with E-state index in [9.17, 15) is 23.8 Å². The number of carbonyl (C=O) groups is 1. The summed E-state index contributed by atoms with van der Waals surface area (Å²) in [7, 11) is 0. The molecule has 0 spiro atoms.